The molecule has 5 N–H and O–H groups in total. The predicted octanol–water partition coefficient (Wildman–Crippen LogP) is 1.00. The summed E-state index contributed by atoms with van der Waals surface area (Å²) in [6, 6.07) is 4.37. The van der Waals surface area contributed by atoms with E-state index in [1.165, 1.54) is 6.07 Å². The first-order chi connectivity index (χ1) is 5.65. The van der Waals surface area contributed by atoms with Crippen LogP contribution in [0.5, 0.6) is 5.75 Å². The van der Waals surface area contributed by atoms with Gasteiger partial charge in [-0.1, -0.05) is 11.6 Å². The second-order valence-corrected chi connectivity index (χ2v) is 2.98. The molecule has 0 saturated carbocycles. The maximum absolute atomic E-state index is 9.34. The smallest absolute Gasteiger partial charge is 0.120 e. The van der Waals surface area contributed by atoms with Crippen LogP contribution in [0.25, 0.3) is 0 Å². The zero-order valence-electron chi connectivity index (χ0n) is 6.50. The molecule has 0 aliphatic heterocycles. The summed E-state index contributed by atoms with van der Waals surface area (Å²) in [7, 11) is 0. The summed E-state index contributed by atoms with van der Waals surface area (Å²) in [6.07, 6.45) is 0. The summed E-state index contributed by atoms with van der Waals surface area (Å²) in [5.41, 5.74) is 11.6. The molecule has 1 aromatic carbocycles. The molecule has 0 aliphatic rings. The molecule has 12 heavy (non-hydrogen) atoms. The Morgan fingerprint density at radius 1 is 1.50 bits per heavy atom. The fourth-order valence-electron chi connectivity index (χ4n) is 0.949. The minimum atomic E-state index is -0.358. The van der Waals surface area contributed by atoms with Crippen molar-refractivity contribution in [3.05, 3.63) is 28.8 Å². The predicted molar refractivity (Wildman–Crippen MR) is 49.1 cm³/mol. The summed E-state index contributed by atoms with van der Waals surface area (Å²) < 4.78 is 0. The third-order valence-corrected chi connectivity index (χ3v) is 1.88. The molecule has 0 aliphatic carbocycles. The average Bonchev–Trinajstić information content (AvgIpc) is 2.08. The fraction of sp³-hybridized carbons (Fsp3) is 0.250. The van der Waals surface area contributed by atoms with Gasteiger partial charge in [-0.05, 0) is 18.2 Å². The van der Waals surface area contributed by atoms with Gasteiger partial charge in [-0.2, -0.15) is 0 Å². The molecule has 0 amide bonds. The normalized spacial score (nSPS) is 12.9. The number of aromatic hydroxyl groups is 1. The van der Waals surface area contributed by atoms with Gasteiger partial charge >= 0.3 is 0 Å². The molecule has 1 atom stereocenters. The molecular formula is C8H11ClN2O. The number of hydrogen-bond donors (Lipinski definition) is 3. The van der Waals surface area contributed by atoms with E-state index in [9.17, 15) is 5.11 Å². The Hall–Kier alpha value is -0.770. The van der Waals surface area contributed by atoms with Crippen molar-refractivity contribution in [1.82, 2.24) is 0 Å². The number of hydrogen-bond acceptors (Lipinski definition) is 3. The van der Waals surface area contributed by atoms with E-state index in [1.807, 2.05) is 0 Å². The first-order valence-corrected chi connectivity index (χ1v) is 3.97. The second-order valence-electron chi connectivity index (χ2n) is 2.55. The maximum Gasteiger partial charge on any atom is 0.120 e. The Balaban J connectivity index is 3.04. The molecule has 0 bridgehead atoms. The van der Waals surface area contributed by atoms with Crippen molar-refractivity contribution in [3.63, 3.8) is 0 Å². The number of halogens is 1. The molecule has 4 heteroatoms. The van der Waals surface area contributed by atoms with Crippen molar-refractivity contribution >= 4 is 11.6 Å². The highest BCUT2D eigenvalue weighted by atomic mass is 35.5. The summed E-state index contributed by atoms with van der Waals surface area (Å²) in [5, 5.41) is 9.89. The van der Waals surface area contributed by atoms with Gasteiger partial charge in [0.2, 0.25) is 0 Å². The Morgan fingerprint density at radius 2 is 2.17 bits per heavy atom. The standard InChI is InChI=1S/C8H11ClN2O/c9-5-1-2-8(12)6(3-5)7(11)4-10/h1-3,7,12H,4,10-11H2/t7-/m0/s1. The van der Waals surface area contributed by atoms with E-state index in [2.05, 4.69) is 0 Å². The van der Waals surface area contributed by atoms with E-state index in [0.29, 0.717) is 10.6 Å². The highest BCUT2D eigenvalue weighted by molar-refractivity contribution is 6.30. The molecule has 0 unspecified atom stereocenters. The van der Waals surface area contributed by atoms with Crippen molar-refractivity contribution in [2.45, 2.75) is 6.04 Å². The first kappa shape index (κ1) is 9.32. The second kappa shape index (κ2) is 3.76. The largest absolute Gasteiger partial charge is 0.508 e. The molecule has 66 valence electrons. The van der Waals surface area contributed by atoms with Gasteiger partial charge in [0.25, 0.3) is 0 Å². The van der Waals surface area contributed by atoms with E-state index in [4.69, 9.17) is 23.1 Å². The van der Waals surface area contributed by atoms with Crippen LogP contribution in [-0.2, 0) is 0 Å². The molecule has 0 heterocycles. The Bertz CT molecular complexity index is 278. The monoisotopic (exact) mass is 186 g/mol. The van der Waals surface area contributed by atoms with Crippen molar-refractivity contribution < 1.29 is 5.11 Å². The van der Waals surface area contributed by atoms with Crippen LogP contribution in [-0.4, -0.2) is 11.7 Å². The number of phenolic OH excluding ortho intramolecular Hbond substituents is 1. The van der Waals surface area contributed by atoms with Crippen molar-refractivity contribution in [3.8, 4) is 5.75 Å². The van der Waals surface area contributed by atoms with Crippen LogP contribution in [0.15, 0.2) is 18.2 Å². The lowest BCUT2D eigenvalue weighted by atomic mass is 10.1. The molecule has 3 nitrogen and oxygen atoms in total. The van der Waals surface area contributed by atoms with E-state index >= 15 is 0 Å². The van der Waals surface area contributed by atoms with Gasteiger partial charge in [-0.3, -0.25) is 0 Å². The van der Waals surface area contributed by atoms with E-state index in [0.717, 1.165) is 0 Å². The van der Waals surface area contributed by atoms with Gasteiger partial charge < -0.3 is 16.6 Å². The van der Waals surface area contributed by atoms with Crippen molar-refractivity contribution in [1.29, 1.82) is 0 Å². The molecule has 0 spiro atoms. The van der Waals surface area contributed by atoms with Crippen LogP contribution < -0.4 is 11.5 Å². The molecular weight excluding hydrogens is 176 g/mol. The molecule has 0 fully saturated rings. The lowest BCUT2D eigenvalue weighted by Gasteiger charge is -2.10. The number of benzene rings is 1. The molecule has 0 aromatic heterocycles. The van der Waals surface area contributed by atoms with Crippen LogP contribution in [0, 0.1) is 0 Å². The van der Waals surface area contributed by atoms with E-state index < -0.39 is 0 Å². The van der Waals surface area contributed by atoms with Gasteiger partial charge in [0.15, 0.2) is 0 Å². The quantitative estimate of drug-likeness (QED) is 0.646. The van der Waals surface area contributed by atoms with Gasteiger partial charge in [0.05, 0.1) is 0 Å². The summed E-state index contributed by atoms with van der Waals surface area (Å²) in [5.74, 6) is 0.136. The zero-order chi connectivity index (χ0) is 9.14. The van der Waals surface area contributed by atoms with Crippen molar-refractivity contribution in [2.24, 2.45) is 11.5 Å². The van der Waals surface area contributed by atoms with Gasteiger partial charge in [0, 0.05) is 23.2 Å². The minimum absolute atomic E-state index is 0.136. The van der Waals surface area contributed by atoms with E-state index in [1.54, 1.807) is 12.1 Å². The Morgan fingerprint density at radius 3 is 2.75 bits per heavy atom. The Kier molecular flexibility index (Phi) is 2.92. The van der Waals surface area contributed by atoms with Gasteiger partial charge in [-0.25, -0.2) is 0 Å². The molecule has 1 rings (SSSR count). The summed E-state index contributed by atoms with van der Waals surface area (Å²) in [6.45, 7) is 0.286. The van der Waals surface area contributed by atoms with Crippen LogP contribution in [0.2, 0.25) is 5.02 Å². The molecule has 1 aromatic rings. The lowest BCUT2D eigenvalue weighted by Crippen LogP contribution is -2.20. The SMILES string of the molecule is NC[C@H](N)c1cc(Cl)ccc1O. The Labute approximate surface area is 75.9 Å². The number of phenols is 1. The third kappa shape index (κ3) is 1.88. The van der Waals surface area contributed by atoms with Crippen LogP contribution in [0.1, 0.15) is 11.6 Å². The third-order valence-electron chi connectivity index (χ3n) is 1.64. The highest BCUT2D eigenvalue weighted by Crippen LogP contribution is 2.25. The number of nitrogens with two attached hydrogens (primary N) is 2. The average molecular weight is 187 g/mol. The fourth-order valence-corrected chi connectivity index (χ4v) is 1.13. The first-order valence-electron chi connectivity index (χ1n) is 3.59. The highest BCUT2D eigenvalue weighted by Gasteiger charge is 2.08. The van der Waals surface area contributed by atoms with Crippen LogP contribution >= 0.6 is 11.6 Å². The topological polar surface area (TPSA) is 72.3 Å². The summed E-state index contributed by atoms with van der Waals surface area (Å²) >= 11 is 5.71. The molecule has 0 radical (unpaired) electrons. The van der Waals surface area contributed by atoms with Crippen LogP contribution in [0.3, 0.4) is 0 Å². The van der Waals surface area contributed by atoms with E-state index in [-0.39, 0.29) is 18.3 Å². The minimum Gasteiger partial charge on any atom is -0.508 e. The number of rotatable bonds is 2. The maximum atomic E-state index is 9.34. The van der Waals surface area contributed by atoms with Gasteiger partial charge in [-0.15, -0.1) is 0 Å². The van der Waals surface area contributed by atoms with Crippen LogP contribution in [0.4, 0.5) is 0 Å². The van der Waals surface area contributed by atoms with Crippen molar-refractivity contribution in [2.75, 3.05) is 6.54 Å². The summed E-state index contributed by atoms with van der Waals surface area (Å²) in [4.78, 5) is 0. The van der Waals surface area contributed by atoms with Gasteiger partial charge in [0.1, 0.15) is 5.75 Å². The zero-order valence-corrected chi connectivity index (χ0v) is 7.25. The molecule has 0 saturated heterocycles. The lowest BCUT2D eigenvalue weighted by molar-refractivity contribution is 0.462.